The number of thiol groups is 1. The molecule has 0 amide bonds. The molecule has 0 aliphatic rings. The van der Waals surface area contributed by atoms with Crippen LogP contribution in [0.1, 0.15) is 11.1 Å². The number of carbonyl (C=O) groups is 1. The largest absolute Gasteiger partial charge is 0.460 e. The van der Waals surface area contributed by atoms with E-state index in [0.717, 1.165) is 5.56 Å². The summed E-state index contributed by atoms with van der Waals surface area (Å²) in [6.45, 7) is 0.159. The molecule has 4 nitrogen and oxygen atoms in total. The second kappa shape index (κ2) is 6.16. The minimum absolute atomic E-state index is 0.159. The van der Waals surface area contributed by atoms with Crippen LogP contribution in [0.3, 0.4) is 0 Å². The van der Waals surface area contributed by atoms with E-state index in [-0.39, 0.29) is 12.4 Å². The van der Waals surface area contributed by atoms with Crippen LogP contribution in [0.15, 0.2) is 24.3 Å². The van der Waals surface area contributed by atoms with Gasteiger partial charge in [0, 0.05) is 5.75 Å². The van der Waals surface area contributed by atoms with Crippen molar-refractivity contribution < 1.29 is 9.53 Å². The quantitative estimate of drug-likeness (QED) is 0.600. The Morgan fingerprint density at radius 1 is 1.50 bits per heavy atom. The maximum Gasteiger partial charge on any atom is 0.324 e. The van der Waals surface area contributed by atoms with E-state index in [1.165, 1.54) is 0 Å². The zero-order valence-corrected chi connectivity index (χ0v) is 9.48. The van der Waals surface area contributed by atoms with E-state index < -0.39 is 12.0 Å². The zero-order chi connectivity index (χ0) is 12.0. The first kappa shape index (κ1) is 12.6. The molecular formula is C11H12N2O2S. The normalized spacial score (nSPS) is 11.6. The number of hydrogen-bond acceptors (Lipinski definition) is 5. The molecule has 0 saturated heterocycles. The van der Waals surface area contributed by atoms with Crippen molar-refractivity contribution in [2.75, 3.05) is 5.75 Å². The lowest BCUT2D eigenvalue weighted by Crippen LogP contribution is -2.33. The number of nitrogens with zero attached hydrogens (tertiary/aromatic N) is 1. The summed E-state index contributed by atoms with van der Waals surface area (Å²) >= 11 is 3.90. The first-order valence-electron chi connectivity index (χ1n) is 4.69. The smallest absolute Gasteiger partial charge is 0.324 e. The number of rotatable bonds is 4. The predicted octanol–water partition coefficient (Wildman–Crippen LogP) is 0.859. The molecule has 0 aliphatic carbocycles. The Bertz CT molecular complexity index is 397. The summed E-state index contributed by atoms with van der Waals surface area (Å²) in [6, 6.07) is 8.12. The minimum Gasteiger partial charge on any atom is -0.460 e. The molecular weight excluding hydrogens is 224 g/mol. The van der Waals surface area contributed by atoms with Crippen LogP contribution in [0.4, 0.5) is 0 Å². The third-order valence-corrected chi connectivity index (χ3v) is 2.36. The molecule has 0 spiro atoms. The fourth-order valence-corrected chi connectivity index (χ4v) is 1.16. The molecule has 0 saturated carbocycles. The number of esters is 1. The number of benzene rings is 1. The van der Waals surface area contributed by atoms with Crippen LogP contribution in [0.5, 0.6) is 0 Å². The van der Waals surface area contributed by atoms with Crippen molar-refractivity contribution in [1.29, 1.82) is 5.26 Å². The van der Waals surface area contributed by atoms with Crippen LogP contribution in [0, 0.1) is 11.3 Å². The second-order valence-electron chi connectivity index (χ2n) is 3.21. The van der Waals surface area contributed by atoms with Crippen molar-refractivity contribution in [2.45, 2.75) is 12.6 Å². The van der Waals surface area contributed by atoms with E-state index >= 15 is 0 Å². The van der Waals surface area contributed by atoms with Crippen molar-refractivity contribution in [2.24, 2.45) is 5.73 Å². The maximum atomic E-state index is 11.2. The third kappa shape index (κ3) is 3.57. The molecule has 0 aliphatic heterocycles. The van der Waals surface area contributed by atoms with Gasteiger partial charge in [0.25, 0.3) is 0 Å². The summed E-state index contributed by atoms with van der Waals surface area (Å²) < 4.78 is 4.96. The predicted molar refractivity (Wildman–Crippen MR) is 62.8 cm³/mol. The molecule has 1 aromatic carbocycles. The van der Waals surface area contributed by atoms with E-state index in [2.05, 4.69) is 12.6 Å². The fourth-order valence-electron chi connectivity index (χ4n) is 1.01. The Hall–Kier alpha value is -1.51. The van der Waals surface area contributed by atoms with Gasteiger partial charge in [0.15, 0.2) is 0 Å². The molecule has 0 unspecified atom stereocenters. The highest BCUT2D eigenvalue weighted by Crippen LogP contribution is 2.05. The summed E-state index contributed by atoms with van der Waals surface area (Å²) in [5.41, 5.74) is 6.82. The van der Waals surface area contributed by atoms with E-state index in [1.807, 2.05) is 6.07 Å². The van der Waals surface area contributed by atoms with Crippen LogP contribution in [0.25, 0.3) is 0 Å². The highest BCUT2D eigenvalue weighted by molar-refractivity contribution is 7.80. The van der Waals surface area contributed by atoms with Crippen molar-refractivity contribution in [1.82, 2.24) is 0 Å². The molecule has 0 heterocycles. The van der Waals surface area contributed by atoms with Crippen LogP contribution in [-0.4, -0.2) is 17.8 Å². The summed E-state index contributed by atoms with van der Waals surface area (Å²) in [5.74, 6) is -0.217. The lowest BCUT2D eigenvalue weighted by atomic mass is 10.2. The molecule has 16 heavy (non-hydrogen) atoms. The Balaban J connectivity index is 2.49. The number of carbonyl (C=O) groups excluding carboxylic acids is 1. The van der Waals surface area contributed by atoms with E-state index in [1.54, 1.807) is 24.3 Å². The Kier molecular flexibility index (Phi) is 4.83. The summed E-state index contributed by atoms with van der Waals surface area (Å²) in [6.07, 6.45) is 0. The molecule has 0 radical (unpaired) electrons. The van der Waals surface area contributed by atoms with Gasteiger partial charge in [0.1, 0.15) is 12.6 Å². The van der Waals surface area contributed by atoms with Crippen molar-refractivity contribution in [3.05, 3.63) is 35.4 Å². The van der Waals surface area contributed by atoms with E-state index in [0.29, 0.717) is 5.56 Å². The third-order valence-electron chi connectivity index (χ3n) is 1.96. The molecule has 0 bridgehead atoms. The molecule has 84 valence electrons. The standard InChI is InChI=1S/C11H12N2O2S/c12-5-8-1-3-9(4-2-8)6-15-11(14)10(13)7-16/h1-4,10,16H,6-7,13H2/t10-/m0/s1. The van der Waals surface area contributed by atoms with Gasteiger partial charge in [-0.2, -0.15) is 17.9 Å². The molecule has 1 aromatic rings. The van der Waals surface area contributed by atoms with Crippen LogP contribution >= 0.6 is 12.6 Å². The number of ether oxygens (including phenoxy) is 1. The van der Waals surface area contributed by atoms with Gasteiger partial charge in [-0.05, 0) is 17.7 Å². The van der Waals surface area contributed by atoms with Crippen LogP contribution in [-0.2, 0) is 16.1 Å². The summed E-state index contributed by atoms with van der Waals surface area (Å²) in [5, 5.41) is 8.59. The van der Waals surface area contributed by atoms with Crippen LogP contribution in [0.2, 0.25) is 0 Å². The van der Waals surface area contributed by atoms with Gasteiger partial charge in [-0.15, -0.1) is 0 Å². The average Bonchev–Trinajstić information content (AvgIpc) is 2.35. The van der Waals surface area contributed by atoms with Gasteiger partial charge in [-0.25, -0.2) is 0 Å². The number of hydrogen-bond donors (Lipinski definition) is 2. The molecule has 1 rings (SSSR count). The van der Waals surface area contributed by atoms with Gasteiger partial charge in [-0.1, -0.05) is 12.1 Å². The van der Waals surface area contributed by atoms with Gasteiger partial charge in [0.05, 0.1) is 11.6 Å². The molecule has 5 heteroatoms. The number of nitrogens with two attached hydrogens (primary N) is 1. The average molecular weight is 236 g/mol. The zero-order valence-electron chi connectivity index (χ0n) is 8.59. The summed E-state index contributed by atoms with van der Waals surface area (Å²) in [4.78, 5) is 11.2. The van der Waals surface area contributed by atoms with Crippen LogP contribution < -0.4 is 5.73 Å². The van der Waals surface area contributed by atoms with Gasteiger partial charge >= 0.3 is 5.97 Å². The molecule has 2 N–H and O–H groups in total. The van der Waals surface area contributed by atoms with Gasteiger partial charge in [0.2, 0.25) is 0 Å². The van der Waals surface area contributed by atoms with Crippen molar-refractivity contribution in [3.63, 3.8) is 0 Å². The monoisotopic (exact) mass is 236 g/mol. The Morgan fingerprint density at radius 2 is 2.12 bits per heavy atom. The molecule has 1 atom stereocenters. The highest BCUT2D eigenvalue weighted by Gasteiger charge is 2.12. The Labute approximate surface area is 99.4 Å². The topological polar surface area (TPSA) is 76.1 Å². The number of nitriles is 1. The lowest BCUT2D eigenvalue weighted by Gasteiger charge is -2.08. The van der Waals surface area contributed by atoms with Crippen molar-refractivity contribution >= 4 is 18.6 Å². The SMILES string of the molecule is N#Cc1ccc(COC(=O)[C@@H](N)CS)cc1. The highest BCUT2D eigenvalue weighted by atomic mass is 32.1. The lowest BCUT2D eigenvalue weighted by molar-refractivity contribution is -0.145. The minimum atomic E-state index is -0.693. The summed E-state index contributed by atoms with van der Waals surface area (Å²) in [7, 11) is 0. The Morgan fingerprint density at radius 3 is 2.62 bits per heavy atom. The van der Waals surface area contributed by atoms with Gasteiger partial charge < -0.3 is 10.5 Å². The fraction of sp³-hybridized carbons (Fsp3) is 0.273. The maximum absolute atomic E-state index is 11.2. The van der Waals surface area contributed by atoms with Crippen molar-refractivity contribution in [3.8, 4) is 6.07 Å². The van der Waals surface area contributed by atoms with E-state index in [9.17, 15) is 4.79 Å². The molecule has 0 fully saturated rings. The first-order valence-corrected chi connectivity index (χ1v) is 5.32. The molecule has 0 aromatic heterocycles. The first-order chi connectivity index (χ1) is 7.67. The van der Waals surface area contributed by atoms with E-state index in [4.69, 9.17) is 15.7 Å². The van der Waals surface area contributed by atoms with Gasteiger partial charge in [-0.3, -0.25) is 4.79 Å². The second-order valence-corrected chi connectivity index (χ2v) is 3.57.